The maximum Gasteiger partial charge on any atom is 0.264 e. The molecule has 214 valence electrons. The number of ether oxygens (including phenoxy) is 1. The molecule has 2 amide bonds. The van der Waals surface area contributed by atoms with Gasteiger partial charge in [0.25, 0.3) is 10.0 Å². The van der Waals surface area contributed by atoms with E-state index in [1.54, 1.807) is 43.3 Å². The van der Waals surface area contributed by atoms with E-state index in [1.807, 2.05) is 45.0 Å². The lowest BCUT2D eigenvalue weighted by Crippen LogP contribution is -2.51. The maximum absolute atomic E-state index is 13.9. The molecule has 0 saturated carbocycles. The molecule has 10 heteroatoms. The van der Waals surface area contributed by atoms with Crippen LogP contribution in [0.5, 0.6) is 5.75 Å². The Morgan fingerprint density at radius 1 is 1.00 bits per heavy atom. The highest BCUT2D eigenvalue weighted by molar-refractivity contribution is 9.10. The molecule has 40 heavy (non-hydrogen) atoms. The Hall–Kier alpha value is -3.37. The van der Waals surface area contributed by atoms with Crippen LogP contribution in [-0.4, -0.2) is 50.9 Å². The van der Waals surface area contributed by atoms with Gasteiger partial charge >= 0.3 is 0 Å². The van der Waals surface area contributed by atoms with E-state index in [-0.39, 0.29) is 17.3 Å². The second-order valence-corrected chi connectivity index (χ2v) is 12.1. The molecule has 1 N–H and O–H groups in total. The van der Waals surface area contributed by atoms with E-state index in [2.05, 4.69) is 21.2 Å². The monoisotopic (exact) mass is 629 g/mol. The van der Waals surface area contributed by atoms with Crippen LogP contribution in [0.3, 0.4) is 0 Å². The minimum absolute atomic E-state index is 0.0621. The van der Waals surface area contributed by atoms with Crippen LogP contribution >= 0.6 is 15.9 Å². The number of hydrogen-bond donors (Lipinski definition) is 1. The van der Waals surface area contributed by atoms with Gasteiger partial charge in [-0.1, -0.05) is 52.7 Å². The average molecular weight is 631 g/mol. The van der Waals surface area contributed by atoms with Crippen molar-refractivity contribution in [2.45, 2.75) is 51.6 Å². The highest BCUT2D eigenvalue weighted by Crippen LogP contribution is 2.27. The van der Waals surface area contributed by atoms with E-state index in [9.17, 15) is 18.0 Å². The number of nitrogens with zero attached hydrogens (tertiary/aromatic N) is 2. The number of sulfonamides is 1. The highest BCUT2D eigenvalue weighted by Gasteiger charge is 2.32. The molecule has 0 radical (unpaired) electrons. The Bertz CT molecular complexity index is 1400. The van der Waals surface area contributed by atoms with Gasteiger partial charge in [0.1, 0.15) is 18.3 Å². The summed E-state index contributed by atoms with van der Waals surface area (Å²) >= 11 is 3.45. The molecule has 0 aliphatic heterocycles. The number of aryl methyl sites for hydroxylation is 1. The molecule has 0 spiro atoms. The van der Waals surface area contributed by atoms with E-state index >= 15 is 0 Å². The Morgan fingerprint density at radius 2 is 1.68 bits per heavy atom. The summed E-state index contributed by atoms with van der Waals surface area (Å²) < 4.78 is 35.2. The summed E-state index contributed by atoms with van der Waals surface area (Å²) in [4.78, 5) is 28.4. The van der Waals surface area contributed by atoms with Crippen LogP contribution in [0.1, 0.15) is 38.3 Å². The summed E-state index contributed by atoms with van der Waals surface area (Å²) in [6.45, 7) is 7.89. The second kappa shape index (κ2) is 14.3. The Morgan fingerprint density at radius 3 is 2.27 bits per heavy atom. The molecule has 0 aliphatic carbocycles. The van der Waals surface area contributed by atoms with Crippen molar-refractivity contribution in [2.75, 3.05) is 24.0 Å². The molecule has 0 fully saturated rings. The molecule has 3 aromatic carbocycles. The first kappa shape index (κ1) is 31.2. The van der Waals surface area contributed by atoms with E-state index in [0.717, 1.165) is 26.3 Å². The summed E-state index contributed by atoms with van der Waals surface area (Å²) in [7, 11) is -4.13. The number of carbonyl (C=O) groups is 2. The normalized spacial score (nSPS) is 11.9. The smallest absolute Gasteiger partial charge is 0.264 e. The predicted octanol–water partition coefficient (Wildman–Crippen LogP) is 5.30. The van der Waals surface area contributed by atoms with Crippen molar-refractivity contribution in [1.82, 2.24) is 10.2 Å². The fraction of sp³-hybridized carbons (Fsp3) is 0.333. The molecule has 0 unspecified atom stereocenters. The lowest BCUT2D eigenvalue weighted by molar-refractivity contribution is -0.139. The summed E-state index contributed by atoms with van der Waals surface area (Å²) in [6, 6.07) is 19.6. The SMILES string of the molecule is CCCNC(=O)[C@@H](C)N(Cc1cccc(Br)c1)C(=O)CN(c1ccc(OCC)cc1)S(=O)(=O)c1ccc(C)cc1. The summed E-state index contributed by atoms with van der Waals surface area (Å²) in [5, 5.41) is 2.84. The third kappa shape index (κ3) is 8.08. The molecule has 3 aromatic rings. The van der Waals surface area contributed by atoms with Crippen LogP contribution in [0.25, 0.3) is 0 Å². The molecule has 0 heterocycles. The van der Waals surface area contributed by atoms with Crippen LogP contribution < -0.4 is 14.4 Å². The lowest BCUT2D eigenvalue weighted by atomic mass is 10.1. The lowest BCUT2D eigenvalue weighted by Gasteiger charge is -2.32. The van der Waals surface area contributed by atoms with Crippen LogP contribution in [0.4, 0.5) is 5.69 Å². The number of halogens is 1. The van der Waals surface area contributed by atoms with Crippen molar-refractivity contribution in [3.63, 3.8) is 0 Å². The first-order valence-corrected chi connectivity index (χ1v) is 15.4. The van der Waals surface area contributed by atoms with Gasteiger partial charge < -0.3 is 15.0 Å². The molecule has 0 aromatic heterocycles. The molecular weight excluding hydrogens is 594 g/mol. The summed E-state index contributed by atoms with van der Waals surface area (Å²) in [5.41, 5.74) is 2.02. The van der Waals surface area contributed by atoms with Crippen molar-refractivity contribution in [1.29, 1.82) is 0 Å². The summed E-state index contributed by atoms with van der Waals surface area (Å²) in [5.74, 6) is -0.231. The second-order valence-electron chi connectivity index (χ2n) is 9.37. The molecular formula is C30H36BrN3O5S. The quantitative estimate of drug-likeness (QED) is 0.277. The predicted molar refractivity (Wildman–Crippen MR) is 161 cm³/mol. The fourth-order valence-electron chi connectivity index (χ4n) is 4.05. The average Bonchev–Trinajstić information content (AvgIpc) is 2.93. The zero-order valence-corrected chi connectivity index (χ0v) is 25.7. The maximum atomic E-state index is 13.9. The van der Waals surface area contributed by atoms with Gasteiger partial charge in [0, 0.05) is 17.6 Å². The number of nitrogens with one attached hydrogen (secondary N) is 1. The number of carbonyl (C=O) groups excluding carboxylic acids is 2. The number of rotatable bonds is 13. The van der Waals surface area contributed by atoms with Gasteiger partial charge in [-0.15, -0.1) is 0 Å². The largest absolute Gasteiger partial charge is 0.494 e. The molecule has 8 nitrogen and oxygen atoms in total. The molecule has 0 bridgehead atoms. The molecule has 0 saturated heterocycles. The first-order valence-electron chi connectivity index (χ1n) is 13.2. The highest BCUT2D eigenvalue weighted by atomic mass is 79.9. The fourth-order valence-corrected chi connectivity index (χ4v) is 5.91. The third-order valence-electron chi connectivity index (χ3n) is 6.28. The van der Waals surface area contributed by atoms with E-state index < -0.39 is 28.5 Å². The van der Waals surface area contributed by atoms with E-state index in [4.69, 9.17) is 4.74 Å². The van der Waals surface area contributed by atoms with Crippen LogP contribution in [0, 0.1) is 6.92 Å². The van der Waals surface area contributed by atoms with Crippen LogP contribution in [-0.2, 0) is 26.2 Å². The van der Waals surface area contributed by atoms with Crippen molar-refractivity contribution in [3.05, 3.63) is 88.4 Å². The number of benzene rings is 3. The standard InChI is InChI=1S/C30H36BrN3O5S/c1-5-18-32-30(36)23(4)33(20-24-8-7-9-25(31)19-24)29(35)21-34(26-12-14-27(15-13-26)39-6-2)40(37,38)28-16-10-22(3)11-17-28/h7-17,19,23H,5-6,18,20-21H2,1-4H3,(H,32,36)/t23-/m1/s1. The Labute approximate surface area is 245 Å². The van der Waals surface area contributed by atoms with Crippen molar-refractivity contribution < 1.29 is 22.7 Å². The Balaban J connectivity index is 2.02. The zero-order chi connectivity index (χ0) is 29.3. The van der Waals surface area contributed by atoms with E-state index in [0.29, 0.717) is 24.6 Å². The van der Waals surface area contributed by atoms with Crippen LogP contribution in [0.2, 0.25) is 0 Å². The minimum atomic E-state index is -4.13. The topological polar surface area (TPSA) is 96.0 Å². The van der Waals surface area contributed by atoms with E-state index in [1.165, 1.54) is 17.0 Å². The number of anilines is 1. The van der Waals surface area contributed by atoms with Crippen molar-refractivity contribution in [3.8, 4) is 5.75 Å². The van der Waals surface area contributed by atoms with Gasteiger partial charge in [0.2, 0.25) is 11.8 Å². The third-order valence-corrected chi connectivity index (χ3v) is 8.56. The number of amides is 2. The van der Waals surface area contributed by atoms with Crippen LogP contribution in [0.15, 0.2) is 82.2 Å². The number of hydrogen-bond acceptors (Lipinski definition) is 5. The van der Waals surface area contributed by atoms with Crippen molar-refractivity contribution >= 4 is 43.5 Å². The molecule has 1 atom stereocenters. The van der Waals surface area contributed by atoms with Crippen molar-refractivity contribution in [2.24, 2.45) is 0 Å². The zero-order valence-electron chi connectivity index (χ0n) is 23.3. The minimum Gasteiger partial charge on any atom is -0.494 e. The molecule has 3 rings (SSSR count). The van der Waals surface area contributed by atoms with Gasteiger partial charge in [0.05, 0.1) is 17.2 Å². The van der Waals surface area contributed by atoms with Gasteiger partial charge in [-0.3, -0.25) is 13.9 Å². The van der Waals surface area contributed by atoms with Gasteiger partial charge in [-0.05, 0) is 81.3 Å². The van der Waals surface area contributed by atoms with Gasteiger partial charge in [-0.25, -0.2) is 8.42 Å². The first-order chi connectivity index (χ1) is 19.1. The van der Waals surface area contributed by atoms with Gasteiger partial charge in [0.15, 0.2) is 0 Å². The molecule has 0 aliphatic rings. The summed E-state index contributed by atoms with van der Waals surface area (Å²) in [6.07, 6.45) is 0.748. The van der Waals surface area contributed by atoms with Gasteiger partial charge in [-0.2, -0.15) is 0 Å². The Kier molecular flexibility index (Phi) is 11.2.